The van der Waals surface area contributed by atoms with E-state index in [4.69, 9.17) is 9.16 Å². The van der Waals surface area contributed by atoms with Gasteiger partial charge in [-0.05, 0) is 48.7 Å². The van der Waals surface area contributed by atoms with Gasteiger partial charge in [-0.3, -0.25) is 4.79 Å². The molecule has 0 amide bonds. The van der Waals surface area contributed by atoms with Crippen LogP contribution in [0.1, 0.15) is 60.8 Å². The van der Waals surface area contributed by atoms with Gasteiger partial charge in [0.1, 0.15) is 0 Å². The fraction of sp³-hybridized carbons (Fsp3) is 0.947. The molecule has 4 nitrogen and oxygen atoms in total. The van der Waals surface area contributed by atoms with Crippen LogP contribution in [-0.2, 0) is 14.0 Å². The van der Waals surface area contributed by atoms with Crippen LogP contribution in [0.4, 0.5) is 0 Å². The Morgan fingerprint density at radius 3 is 2.12 bits per heavy atom. The molecule has 0 radical (unpaired) electrons. The van der Waals surface area contributed by atoms with Crippen molar-refractivity contribution >= 4 is 14.3 Å². The molecule has 3 unspecified atom stereocenters. The minimum atomic E-state index is -1.85. The molecule has 24 heavy (non-hydrogen) atoms. The third-order valence-corrected chi connectivity index (χ3v) is 10.8. The minimum absolute atomic E-state index is 0.0333. The van der Waals surface area contributed by atoms with Gasteiger partial charge in [-0.1, -0.05) is 41.5 Å². The van der Waals surface area contributed by atoms with Crippen LogP contribution in [0.2, 0.25) is 18.1 Å². The molecule has 1 aliphatic carbocycles. The fourth-order valence-corrected chi connectivity index (χ4v) is 5.23. The second kappa shape index (κ2) is 7.08. The lowest BCUT2D eigenvalue weighted by molar-refractivity contribution is -0.169. The Morgan fingerprint density at radius 2 is 1.75 bits per heavy atom. The molecule has 1 N–H and O–H groups in total. The molecule has 0 aromatic heterocycles. The van der Waals surface area contributed by atoms with Crippen LogP contribution in [-0.4, -0.2) is 39.2 Å². The number of carbonyl (C=O) groups is 1. The predicted molar refractivity (Wildman–Crippen MR) is 101 cm³/mol. The molecule has 0 aromatic rings. The fourth-order valence-electron chi connectivity index (χ4n) is 3.83. The summed E-state index contributed by atoms with van der Waals surface area (Å²) in [7, 11) is -0.252. The van der Waals surface area contributed by atoms with Gasteiger partial charge >= 0.3 is 5.97 Å². The van der Waals surface area contributed by atoms with Crippen LogP contribution in [0.5, 0.6) is 0 Å². The van der Waals surface area contributed by atoms with Crippen molar-refractivity contribution in [3.05, 3.63) is 0 Å². The van der Waals surface area contributed by atoms with E-state index in [2.05, 4.69) is 54.6 Å². The van der Waals surface area contributed by atoms with Crippen molar-refractivity contribution in [3.63, 3.8) is 0 Å². The average molecular weight is 359 g/mol. The van der Waals surface area contributed by atoms with Gasteiger partial charge in [0.2, 0.25) is 0 Å². The average Bonchev–Trinajstić information content (AvgIpc) is 2.37. The van der Waals surface area contributed by atoms with E-state index in [1.165, 1.54) is 0 Å². The maximum atomic E-state index is 12.2. The molecule has 0 spiro atoms. The van der Waals surface area contributed by atoms with E-state index in [0.717, 1.165) is 12.8 Å². The van der Waals surface area contributed by atoms with Crippen LogP contribution < -0.4 is 0 Å². The van der Waals surface area contributed by atoms with E-state index in [9.17, 15) is 9.90 Å². The Bertz CT molecular complexity index is 447. The van der Waals surface area contributed by atoms with E-state index in [1.807, 2.05) is 0 Å². The van der Waals surface area contributed by atoms with Crippen molar-refractivity contribution in [1.82, 2.24) is 0 Å². The number of hydrogen-bond acceptors (Lipinski definition) is 3. The van der Waals surface area contributed by atoms with Gasteiger partial charge in [0.05, 0.1) is 12.0 Å². The van der Waals surface area contributed by atoms with Crippen molar-refractivity contribution in [2.45, 2.75) is 85.0 Å². The molecule has 1 rings (SSSR count). The molecular weight excluding hydrogens is 320 g/mol. The summed E-state index contributed by atoms with van der Waals surface area (Å²) in [4.78, 5) is 12.2. The second-order valence-electron chi connectivity index (χ2n) is 10.1. The molecular formula is C19H38O4Si. The zero-order valence-corrected chi connectivity index (χ0v) is 18.2. The first-order chi connectivity index (χ1) is 10.7. The lowest BCUT2D eigenvalue weighted by Gasteiger charge is -2.51. The smallest absolute Gasteiger partial charge is 0.312 e. The van der Waals surface area contributed by atoms with Gasteiger partial charge in [-0.2, -0.15) is 0 Å². The maximum Gasteiger partial charge on any atom is 0.312 e. The van der Waals surface area contributed by atoms with E-state index >= 15 is 0 Å². The normalized spacial score (nSPS) is 29.5. The summed E-state index contributed by atoms with van der Waals surface area (Å²) < 4.78 is 12.0. The van der Waals surface area contributed by atoms with Gasteiger partial charge in [0, 0.05) is 13.2 Å². The number of hydrogen-bond donors (Lipinski definition) is 1. The zero-order valence-electron chi connectivity index (χ0n) is 17.2. The molecule has 1 fully saturated rings. The van der Waals surface area contributed by atoms with Crippen molar-refractivity contribution in [2.24, 2.45) is 16.7 Å². The Morgan fingerprint density at radius 1 is 1.21 bits per heavy atom. The first-order valence-electron chi connectivity index (χ1n) is 9.07. The Balaban J connectivity index is 3.09. The van der Waals surface area contributed by atoms with Crippen LogP contribution in [0, 0.1) is 16.7 Å². The Kier molecular flexibility index (Phi) is 6.39. The molecule has 0 aliphatic heterocycles. The first kappa shape index (κ1) is 21.6. The number of ether oxygens (including phenoxy) is 1. The molecule has 1 saturated carbocycles. The third kappa shape index (κ3) is 4.41. The predicted octanol–water partition coefficient (Wildman–Crippen LogP) is 4.94. The molecule has 0 bridgehead atoms. The third-order valence-electron chi connectivity index (χ3n) is 6.22. The molecule has 142 valence electrons. The lowest BCUT2D eigenvalue weighted by atomic mass is 9.57. The molecule has 0 heterocycles. The maximum absolute atomic E-state index is 12.2. The molecule has 0 aromatic carbocycles. The SMILES string of the molecule is COCC1(C(=O)O)CCC(O[Si](C)(C)C(C)(C)C)CC1C(C)(C)C. The first-order valence-corrected chi connectivity index (χ1v) is 12.0. The van der Waals surface area contributed by atoms with Gasteiger partial charge in [0.25, 0.3) is 0 Å². The van der Waals surface area contributed by atoms with Gasteiger partial charge in [-0.25, -0.2) is 0 Å². The minimum Gasteiger partial charge on any atom is -0.481 e. The van der Waals surface area contributed by atoms with Crippen molar-refractivity contribution in [3.8, 4) is 0 Å². The molecule has 3 atom stereocenters. The number of methoxy groups -OCH3 is 1. The quantitative estimate of drug-likeness (QED) is 0.707. The second-order valence-corrected chi connectivity index (χ2v) is 14.8. The molecule has 0 saturated heterocycles. The molecule has 5 heteroatoms. The number of carboxylic acids is 1. The van der Waals surface area contributed by atoms with Crippen LogP contribution in [0.15, 0.2) is 0 Å². The highest BCUT2D eigenvalue weighted by Gasteiger charge is 2.54. The largest absolute Gasteiger partial charge is 0.481 e. The number of aliphatic carboxylic acids is 1. The van der Waals surface area contributed by atoms with Crippen molar-refractivity contribution < 1.29 is 19.1 Å². The molecule has 1 aliphatic rings. The summed E-state index contributed by atoms with van der Waals surface area (Å²) in [5, 5.41) is 10.2. The van der Waals surface area contributed by atoms with E-state index in [0.29, 0.717) is 6.42 Å². The van der Waals surface area contributed by atoms with Crippen LogP contribution in [0.25, 0.3) is 0 Å². The highest BCUT2D eigenvalue weighted by atomic mass is 28.4. The van der Waals surface area contributed by atoms with Crippen molar-refractivity contribution in [2.75, 3.05) is 13.7 Å². The van der Waals surface area contributed by atoms with Crippen molar-refractivity contribution in [1.29, 1.82) is 0 Å². The Hall–Kier alpha value is -0.393. The zero-order chi connectivity index (χ0) is 19.0. The summed E-state index contributed by atoms with van der Waals surface area (Å²) in [5.41, 5.74) is -0.910. The monoisotopic (exact) mass is 358 g/mol. The topological polar surface area (TPSA) is 55.8 Å². The van der Waals surface area contributed by atoms with E-state index < -0.39 is 19.7 Å². The summed E-state index contributed by atoms with van der Waals surface area (Å²) in [6.45, 7) is 18.0. The van der Waals surface area contributed by atoms with E-state index in [-0.39, 0.29) is 29.1 Å². The number of carboxylic acid groups (broad SMARTS) is 1. The summed E-state index contributed by atoms with van der Waals surface area (Å²) in [5.74, 6) is -0.694. The lowest BCUT2D eigenvalue weighted by Crippen LogP contribution is -2.54. The van der Waals surface area contributed by atoms with Gasteiger partial charge in [0.15, 0.2) is 8.32 Å². The van der Waals surface area contributed by atoms with Crippen LogP contribution >= 0.6 is 0 Å². The standard InChI is InChI=1S/C19H38O4Si/c1-17(2,3)15-12-14(23-24(8,9)18(4,5)6)10-11-19(15,13-22-7)16(20)21/h14-15H,10-13H2,1-9H3,(H,20,21). The highest BCUT2D eigenvalue weighted by molar-refractivity contribution is 6.74. The highest BCUT2D eigenvalue weighted by Crippen LogP contribution is 2.52. The summed E-state index contributed by atoms with van der Waals surface area (Å²) in [6.07, 6.45) is 2.37. The van der Waals surface area contributed by atoms with Gasteiger partial charge in [-0.15, -0.1) is 0 Å². The Labute approximate surface area is 149 Å². The number of rotatable bonds is 5. The summed E-state index contributed by atoms with van der Waals surface area (Å²) in [6, 6.07) is 0. The summed E-state index contributed by atoms with van der Waals surface area (Å²) >= 11 is 0. The van der Waals surface area contributed by atoms with E-state index in [1.54, 1.807) is 7.11 Å². The van der Waals surface area contributed by atoms with Crippen LogP contribution in [0.3, 0.4) is 0 Å². The van der Waals surface area contributed by atoms with Gasteiger partial charge < -0.3 is 14.3 Å².